The van der Waals surface area contributed by atoms with Gasteiger partial charge >= 0.3 is 0 Å². The first kappa shape index (κ1) is 17.0. The van der Waals surface area contributed by atoms with E-state index in [4.69, 9.17) is 0 Å². The van der Waals surface area contributed by atoms with E-state index in [2.05, 4.69) is 15.3 Å². The minimum Gasteiger partial charge on any atom is -0.352 e. The predicted octanol–water partition coefficient (Wildman–Crippen LogP) is 2.53. The number of hydrogen-bond acceptors (Lipinski definition) is 3. The summed E-state index contributed by atoms with van der Waals surface area (Å²) in [6.07, 6.45) is 3.35. The van der Waals surface area contributed by atoms with Gasteiger partial charge < -0.3 is 15.2 Å². The Morgan fingerprint density at radius 2 is 2.00 bits per heavy atom. The summed E-state index contributed by atoms with van der Waals surface area (Å²) in [7, 11) is 0. The molecule has 0 saturated carbocycles. The summed E-state index contributed by atoms with van der Waals surface area (Å²) >= 11 is 0. The second-order valence-corrected chi connectivity index (χ2v) is 6.26. The third-order valence-corrected chi connectivity index (χ3v) is 4.54. The predicted molar refractivity (Wildman–Crippen MR) is 97.2 cm³/mol. The zero-order valence-corrected chi connectivity index (χ0v) is 14.4. The lowest BCUT2D eigenvalue weighted by Gasteiger charge is -2.35. The lowest BCUT2D eigenvalue weighted by Crippen LogP contribution is -2.52. The molecule has 2 heterocycles. The first-order valence-corrected chi connectivity index (χ1v) is 8.57. The lowest BCUT2D eigenvalue weighted by molar-refractivity contribution is -0.128. The molecule has 4 rings (SSSR count). The topological polar surface area (TPSA) is 78.1 Å². The number of nitrogens with zero attached hydrogens (tertiary/aromatic N) is 2. The number of carbonyl (C=O) groups is 2. The number of aromatic amines is 1. The molecule has 0 bridgehead atoms. The molecule has 2 amide bonds. The van der Waals surface area contributed by atoms with Crippen molar-refractivity contribution in [1.82, 2.24) is 20.2 Å². The van der Waals surface area contributed by atoms with Crippen molar-refractivity contribution in [3.05, 3.63) is 77.9 Å². The molecule has 136 valence electrons. The van der Waals surface area contributed by atoms with E-state index in [-0.39, 0.29) is 17.6 Å². The van der Waals surface area contributed by atoms with Crippen molar-refractivity contribution in [1.29, 1.82) is 0 Å². The van der Waals surface area contributed by atoms with E-state index in [9.17, 15) is 14.0 Å². The molecule has 3 aromatic rings. The van der Waals surface area contributed by atoms with Gasteiger partial charge in [0.05, 0.1) is 0 Å². The van der Waals surface area contributed by atoms with Gasteiger partial charge in [-0.1, -0.05) is 24.3 Å². The highest BCUT2D eigenvalue weighted by Crippen LogP contribution is 2.26. The van der Waals surface area contributed by atoms with Gasteiger partial charge in [-0.3, -0.25) is 9.59 Å². The van der Waals surface area contributed by atoms with Crippen LogP contribution in [0.1, 0.15) is 22.0 Å². The minimum absolute atomic E-state index is 0.257. The highest BCUT2D eigenvalue weighted by molar-refractivity contribution is 5.99. The summed E-state index contributed by atoms with van der Waals surface area (Å²) < 4.78 is 13.3. The molecule has 0 aliphatic carbocycles. The van der Waals surface area contributed by atoms with E-state index < -0.39 is 6.04 Å². The van der Waals surface area contributed by atoms with Crippen molar-refractivity contribution in [3.63, 3.8) is 0 Å². The lowest BCUT2D eigenvalue weighted by atomic mass is 10.0. The molecule has 1 unspecified atom stereocenters. The molecule has 27 heavy (non-hydrogen) atoms. The average molecular weight is 364 g/mol. The Labute approximate surface area is 155 Å². The van der Waals surface area contributed by atoms with E-state index in [1.165, 1.54) is 29.2 Å². The Kier molecular flexibility index (Phi) is 4.42. The molecule has 1 aliphatic rings. The largest absolute Gasteiger partial charge is 0.352 e. The van der Waals surface area contributed by atoms with Crippen LogP contribution in [0.25, 0.3) is 11.4 Å². The number of carbonyl (C=O) groups excluding carboxylic acids is 2. The zero-order chi connectivity index (χ0) is 18.8. The van der Waals surface area contributed by atoms with Crippen LogP contribution in [-0.4, -0.2) is 39.8 Å². The van der Waals surface area contributed by atoms with Gasteiger partial charge in [0.25, 0.3) is 5.91 Å². The summed E-state index contributed by atoms with van der Waals surface area (Å²) in [5.41, 5.74) is 1.82. The molecular weight excluding hydrogens is 347 g/mol. The van der Waals surface area contributed by atoms with Crippen molar-refractivity contribution < 1.29 is 14.0 Å². The van der Waals surface area contributed by atoms with Crippen LogP contribution in [-0.2, 0) is 4.79 Å². The van der Waals surface area contributed by atoms with Gasteiger partial charge in [-0.15, -0.1) is 0 Å². The summed E-state index contributed by atoms with van der Waals surface area (Å²) in [6.45, 7) is 0.748. The molecule has 1 aliphatic heterocycles. The number of rotatable bonds is 3. The summed E-state index contributed by atoms with van der Waals surface area (Å²) in [4.78, 5) is 34.4. The zero-order valence-electron chi connectivity index (χ0n) is 14.4. The van der Waals surface area contributed by atoms with Gasteiger partial charge in [-0.25, -0.2) is 9.37 Å². The Morgan fingerprint density at radius 1 is 1.19 bits per heavy atom. The standard InChI is InChI=1S/C20H17FN4O2/c21-16-6-4-13(5-7-16)17-19(26)24-10-11-25(17)20(27)15-3-1-2-14(12-15)18-22-8-9-23-18/h1-9,12,17H,10-11H2,(H,22,23)(H,24,26). The first-order chi connectivity index (χ1) is 13.1. The maximum atomic E-state index is 13.3. The third kappa shape index (κ3) is 3.31. The number of nitrogens with one attached hydrogen (secondary N) is 2. The number of aromatic nitrogens is 2. The van der Waals surface area contributed by atoms with Crippen molar-refractivity contribution in [2.24, 2.45) is 0 Å². The first-order valence-electron chi connectivity index (χ1n) is 8.57. The van der Waals surface area contributed by atoms with Crippen LogP contribution < -0.4 is 5.32 Å². The molecule has 0 radical (unpaired) electrons. The van der Waals surface area contributed by atoms with Gasteiger partial charge in [0.2, 0.25) is 5.91 Å². The van der Waals surface area contributed by atoms with Gasteiger partial charge in [0, 0.05) is 36.6 Å². The van der Waals surface area contributed by atoms with E-state index in [0.29, 0.717) is 30.0 Å². The minimum atomic E-state index is -0.792. The van der Waals surface area contributed by atoms with Gasteiger partial charge in [-0.05, 0) is 29.8 Å². The van der Waals surface area contributed by atoms with Crippen molar-refractivity contribution >= 4 is 11.8 Å². The molecular formula is C20H17FN4O2. The van der Waals surface area contributed by atoms with Crippen molar-refractivity contribution in [2.75, 3.05) is 13.1 Å². The van der Waals surface area contributed by atoms with E-state index in [1.54, 1.807) is 30.6 Å². The van der Waals surface area contributed by atoms with Crippen LogP contribution in [0, 0.1) is 5.82 Å². The van der Waals surface area contributed by atoms with E-state index in [0.717, 1.165) is 5.56 Å². The van der Waals surface area contributed by atoms with Crippen LogP contribution in [0.15, 0.2) is 60.9 Å². The molecule has 2 N–H and O–H groups in total. The van der Waals surface area contributed by atoms with Crippen LogP contribution in [0.5, 0.6) is 0 Å². The fourth-order valence-corrected chi connectivity index (χ4v) is 3.25. The molecule has 1 atom stereocenters. The highest BCUT2D eigenvalue weighted by atomic mass is 19.1. The summed E-state index contributed by atoms with van der Waals surface area (Å²) in [5.74, 6) is -0.258. The Balaban J connectivity index is 1.67. The van der Waals surface area contributed by atoms with Crippen LogP contribution in [0.2, 0.25) is 0 Å². The quantitative estimate of drug-likeness (QED) is 0.750. The van der Waals surface area contributed by atoms with Gasteiger partial charge in [0.15, 0.2) is 0 Å². The number of benzene rings is 2. The number of halogens is 1. The maximum Gasteiger partial charge on any atom is 0.254 e. The summed E-state index contributed by atoms with van der Waals surface area (Å²) in [5, 5.41) is 2.77. The number of hydrogen-bond donors (Lipinski definition) is 2. The van der Waals surface area contributed by atoms with Gasteiger partial charge in [0.1, 0.15) is 17.7 Å². The van der Waals surface area contributed by atoms with Crippen LogP contribution in [0.4, 0.5) is 4.39 Å². The molecule has 2 aromatic carbocycles. The van der Waals surface area contributed by atoms with E-state index >= 15 is 0 Å². The molecule has 1 aromatic heterocycles. The average Bonchev–Trinajstić information content (AvgIpc) is 3.23. The number of H-pyrrole nitrogens is 1. The summed E-state index contributed by atoms with van der Waals surface area (Å²) in [6, 6.07) is 11.9. The SMILES string of the molecule is O=C1NCCN(C(=O)c2cccc(-c3ncc[nH]3)c2)C1c1ccc(F)cc1. The fraction of sp³-hybridized carbons (Fsp3) is 0.150. The van der Waals surface area contributed by atoms with Crippen molar-refractivity contribution in [2.45, 2.75) is 6.04 Å². The number of imidazole rings is 1. The third-order valence-electron chi connectivity index (χ3n) is 4.54. The molecule has 1 fully saturated rings. The smallest absolute Gasteiger partial charge is 0.254 e. The van der Waals surface area contributed by atoms with Crippen LogP contribution in [0.3, 0.4) is 0 Å². The Morgan fingerprint density at radius 3 is 2.74 bits per heavy atom. The molecule has 6 nitrogen and oxygen atoms in total. The fourth-order valence-electron chi connectivity index (χ4n) is 3.25. The Bertz CT molecular complexity index is 970. The highest BCUT2D eigenvalue weighted by Gasteiger charge is 2.34. The second kappa shape index (κ2) is 7.03. The Hall–Kier alpha value is -3.48. The second-order valence-electron chi connectivity index (χ2n) is 6.26. The molecule has 7 heteroatoms. The maximum absolute atomic E-state index is 13.3. The van der Waals surface area contributed by atoms with Gasteiger partial charge in [-0.2, -0.15) is 0 Å². The molecule has 1 saturated heterocycles. The monoisotopic (exact) mass is 364 g/mol. The molecule has 0 spiro atoms. The van der Waals surface area contributed by atoms with Crippen LogP contribution >= 0.6 is 0 Å². The van der Waals surface area contributed by atoms with E-state index in [1.807, 2.05) is 6.07 Å². The number of amides is 2. The number of piperazine rings is 1. The normalized spacial score (nSPS) is 16.9. The van der Waals surface area contributed by atoms with Crippen molar-refractivity contribution in [3.8, 4) is 11.4 Å².